The average molecular weight is 270 g/mol. The predicted octanol–water partition coefficient (Wildman–Crippen LogP) is 3.17. The Labute approximate surface area is 98.8 Å². The van der Waals surface area contributed by atoms with Crippen LogP contribution in [0.25, 0.3) is 0 Å². The van der Waals surface area contributed by atoms with Crippen molar-refractivity contribution < 1.29 is 5.11 Å². The van der Waals surface area contributed by atoms with Gasteiger partial charge in [0.15, 0.2) is 0 Å². The number of rotatable bonds is 3. The van der Waals surface area contributed by atoms with Gasteiger partial charge in [0.05, 0.1) is 12.1 Å². The van der Waals surface area contributed by atoms with E-state index in [9.17, 15) is 5.11 Å². The number of nitrogens with one attached hydrogen (secondary N) is 1. The van der Waals surface area contributed by atoms with Gasteiger partial charge in [0.25, 0.3) is 0 Å². The molecule has 2 rings (SSSR count). The van der Waals surface area contributed by atoms with E-state index in [1.54, 1.807) is 0 Å². The van der Waals surface area contributed by atoms with Crippen LogP contribution in [0.15, 0.2) is 28.7 Å². The summed E-state index contributed by atoms with van der Waals surface area (Å²) in [6.45, 7) is 0.217. The zero-order valence-corrected chi connectivity index (χ0v) is 10.3. The number of hydrogen-bond donors (Lipinski definition) is 2. The van der Waals surface area contributed by atoms with Crippen molar-refractivity contribution in [1.29, 1.82) is 0 Å². The molecule has 0 radical (unpaired) electrons. The predicted molar refractivity (Wildman–Crippen MR) is 66.0 cm³/mol. The SMILES string of the molecule is OCC1(Nc2ccccc2Br)CCCC1. The zero-order chi connectivity index (χ0) is 10.7. The van der Waals surface area contributed by atoms with E-state index in [0.29, 0.717) is 0 Å². The number of aliphatic hydroxyl groups excluding tert-OH is 1. The lowest BCUT2D eigenvalue weighted by molar-refractivity contribution is 0.214. The second-order valence-electron chi connectivity index (χ2n) is 4.25. The first kappa shape index (κ1) is 11.0. The van der Waals surface area contributed by atoms with Gasteiger partial charge in [-0.1, -0.05) is 25.0 Å². The van der Waals surface area contributed by atoms with Crippen LogP contribution in [0.3, 0.4) is 0 Å². The molecule has 0 aliphatic heterocycles. The van der Waals surface area contributed by atoms with E-state index in [-0.39, 0.29) is 12.1 Å². The maximum atomic E-state index is 9.49. The molecule has 1 aromatic rings. The topological polar surface area (TPSA) is 32.3 Å². The quantitative estimate of drug-likeness (QED) is 0.884. The summed E-state index contributed by atoms with van der Waals surface area (Å²) in [5.74, 6) is 0. The lowest BCUT2D eigenvalue weighted by Gasteiger charge is -2.29. The lowest BCUT2D eigenvalue weighted by atomic mass is 9.98. The molecule has 0 heterocycles. The van der Waals surface area contributed by atoms with Gasteiger partial charge in [-0.05, 0) is 40.9 Å². The van der Waals surface area contributed by atoms with Crippen LogP contribution in [0.4, 0.5) is 5.69 Å². The van der Waals surface area contributed by atoms with Crippen LogP contribution in [0.2, 0.25) is 0 Å². The molecule has 15 heavy (non-hydrogen) atoms. The summed E-state index contributed by atoms with van der Waals surface area (Å²) in [4.78, 5) is 0. The Kier molecular flexibility index (Phi) is 3.32. The van der Waals surface area contributed by atoms with E-state index in [0.717, 1.165) is 23.0 Å². The van der Waals surface area contributed by atoms with Crippen LogP contribution >= 0.6 is 15.9 Å². The van der Waals surface area contributed by atoms with Gasteiger partial charge in [-0.2, -0.15) is 0 Å². The standard InChI is InChI=1S/C12H16BrNO/c13-10-5-1-2-6-11(10)14-12(9-15)7-3-4-8-12/h1-2,5-6,14-15H,3-4,7-9H2. The maximum Gasteiger partial charge on any atom is 0.0661 e. The Morgan fingerprint density at radius 2 is 1.93 bits per heavy atom. The largest absolute Gasteiger partial charge is 0.394 e. The molecule has 1 fully saturated rings. The van der Waals surface area contributed by atoms with Crippen molar-refractivity contribution in [2.75, 3.05) is 11.9 Å². The highest BCUT2D eigenvalue weighted by atomic mass is 79.9. The highest BCUT2D eigenvalue weighted by Gasteiger charge is 2.33. The number of hydrogen-bond acceptors (Lipinski definition) is 2. The minimum absolute atomic E-state index is 0.0934. The number of benzene rings is 1. The van der Waals surface area contributed by atoms with E-state index in [2.05, 4.69) is 21.2 Å². The fourth-order valence-electron chi connectivity index (χ4n) is 2.22. The Morgan fingerprint density at radius 1 is 1.27 bits per heavy atom. The number of para-hydroxylation sites is 1. The number of aliphatic hydroxyl groups is 1. The molecule has 1 aromatic carbocycles. The summed E-state index contributed by atoms with van der Waals surface area (Å²) in [5, 5.41) is 13.0. The Morgan fingerprint density at radius 3 is 2.53 bits per heavy atom. The first-order valence-electron chi connectivity index (χ1n) is 5.39. The fraction of sp³-hybridized carbons (Fsp3) is 0.500. The van der Waals surface area contributed by atoms with Crippen LogP contribution in [0, 0.1) is 0 Å². The van der Waals surface area contributed by atoms with Crippen LogP contribution in [0.1, 0.15) is 25.7 Å². The van der Waals surface area contributed by atoms with Crippen LogP contribution in [0.5, 0.6) is 0 Å². The summed E-state index contributed by atoms with van der Waals surface area (Å²) in [7, 11) is 0. The molecular weight excluding hydrogens is 254 g/mol. The molecule has 0 bridgehead atoms. The third kappa shape index (κ3) is 2.34. The van der Waals surface area contributed by atoms with Crippen molar-refractivity contribution in [1.82, 2.24) is 0 Å². The van der Waals surface area contributed by atoms with Crippen molar-refractivity contribution in [3.8, 4) is 0 Å². The van der Waals surface area contributed by atoms with Crippen LogP contribution in [-0.2, 0) is 0 Å². The molecule has 0 amide bonds. The van der Waals surface area contributed by atoms with Crippen molar-refractivity contribution >= 4 is 21.6 Å². The van der Waals surface area contributed by atoms with Gasteiger partial charge in [-0.15, -0.1) is 0 Å². The van der Waals surface area contributed by atoms with E-state index in [1.807, 2.05) is 24.3 Å². The molecule has 1 saturated carbocycles. The highest BCUT2D eigenvalue weighted by Crippen LogP contribution is 2.34. The molecule has 1 aliphatic rings. The molecule has 0 atom stereocenters. The summed E-state index contributed by atoms with van der Waals surface area (Å²) in [6.07, 6.45) is 4.53. The molecule has 82 valence electrons. The van der Waals surface area contributed by atoms with Gasteiger partial charge in [-0.3, -0.25) is 0 Å². The summed E-state index contributed by atoms with van der Waals surface area (Å²) in [5.41, 5.74) is 0.984. The van der Waals surface area contributed by atoms with E-state index in [4.69, 9.17) is 0 Å². The monoisotopic (exact) mass is 269 g/mol. The van der Waals surface area contributed by atoms with Crippen molar-refractivity contribution in [2.45, 2.75) is 31.2 Å². The third-order valence-corrected chi connectivity index (χ3v) is 3.83. The minimum Gasteiger partial charge on any atom is -0.394 e. The van der Waals surface area contributed by atoms with Gasteiger partial charge < -0.3 is 10.4 Å². The summed E-state index contributed by atoms with van der Waals surface area (Å²) in [6, 6.07) is 8.06. The molecule has 1 aliphatic carbocycles. The lowest BCUT2D eigenvalue weighted by Crippen LogP contribution is -2.39. The smallest absolute Gasteiger partial charge is 0.0661 e. The van der Waals surface area contributed by atoms with E-state index < -0.39 is 0 Å². The van der Waals surface area contributed by atoms with Crippen molar-refractivity contribution in [3.05, 3.63) is 28.7 Å². The Balaban J connectivity index is 2.16. The van der Waals surface area contributed by atoms with Crippen molar-refractivity contribution in [2.24, 2.45) is 0 Å². The van der Waals surface area contributed by atoms with Gasteiger partial charge in [0.1, 0.15) is 0 Å². The highest BCUT2D eigenvalue weighted by molar-refractivity contribution is 9.10. The molecule has 0 aromatic heterocycles. The average Bonchev–Trinajstić information content (AvgIpc) is 2.71. The van der Waals surface area contributed by atoms with Gasteiger partial charge in [-0.25, -0.2) is 0 Å². The van der Waals surface area contributed by atoms with E-state index in [1.165, 1.54) is 12.8 Å². The normalized spacial score (nSPS) is 19.1. The zero-order valence-electron chi connectivity index (χ0n) is 8.67. The second-order valence-corrected chi connectivity index (χ2v) is 5.10. The van der Waals surface area contributed by atoms with E-state index >= 15 is 0 Å². The van der Waals surface area contributed by atoms with Gasteiger partial charge >= 0.3 is 0 Å². The molecule has 2 N–H and O–H groups in total. The molecule has 3 heteroatoms. The van der Waals surface area contributed by atoms with Gasteiger partial charge in [0.2, 0.25) is 0 Å². The molecule has 2 nitrogen and oxygen atoms in total. The van der Waals surface area contributed by atoms with Crippen LogP contribution in [-0.4, -0.2) is 17.3 Å². The van der Waals surface area contributed by atoms with Crippen molar-refractivity contribution in [3.63, 3.8) is 0 Å². The summed E-state index contributed by atoms with van der Waals surface area (Å²) >= 11 is 3.51. The molecular formula is C12H16BrNO. The Hall–Kier alpha value is -0.540. The molecule has 0 spiro atoms. The maximum absolute atomic E-state index is 9.49. The first-order valence-corrected chi connectivity index (χ1v) is 6.19. The minimum atomic E-state index is -0.0934. The fourth-order valence-corrected chi connectivity index (χ4v) is 2.61. The summed E-state index contributed by atoms with van der Waals surface area (Å²) < 4.78 is 1.06. The number of halogens is 1. The molecule has 0 saturated heterocycles. The number of anilines is 1. The Bertz CT molecular complexity index is 334. The van der Waals surface area contributed by atoms with Gasteiger partial charge in [0, 0.05) is 10.2 Å². The third-order valence-electron chi connectivity index (χ3n) is 3.14. The second kappa shape index (κ2) is 4.54. The molecule has 0 unspecified atom stereocenters. The van der Waals surface area contributed by atoms with Crippen LogP contribution < -0.4 is 5.32 Å². The first-order chi connectivity index (χ1) is 7.26.